The summed E-state index contributed by atoms with van der Waals surface area (Å²) in [6.45, 7) is 16.3. The van der Waals surface area contributed by atoms with E-state index < -0.39 is 18.2 Å². The maximum absolute atomic E-state index is 13.2. The zero-order valence-electron chi connectivity index (χ0n) is 23.5. The van der Waals surface area contributed by atoms with Crippen molar-refractivity contribution in [1.29, 1.82) is 0 Å². The van der Waals surface area contributed by atoms with Crippen molar-refractivity contribution >= 4 is 23.2 Å². The first kappa shape index (κ1) is 30.1. The van der Waals surface area contributed by atoms with E-state index in [1.165, 1.54) is 30.7 Å². The number of alkyl halides is 1. The number of rotatable bonds is 12. The van der Waals surface area contributed by atoms with E-state index in [9.17, 15) is 19.1 Å². The predicted molar refractivity (Wildman–Crippen MR) is 148 cm³/mol. The highest BCUT2D eigenvalue weighted by Gasteiger charge is 2.29. The quantitative estimate of drug-likeness (QED) is 0.278. The van der Waals surface area contributed by atoms with E-state index in [1.54, 1.807) is 0 Å². The van der Waals surface area contributed by atoms with Gasteiger partial charge in [-0.25, -0.2) is 4.39 Å². The normalized spacial score (nSPS) is 13.5. The molecule has 7 heteroatoms. The molecule has 0 aliphatic carbocycles. The molecule has 0 spiro atoms. The third kappa shape index (κ3) is 8.20. The molecule has 3 N–H and O–H groups in total. The lowest BCUT2D eigenvalue weighted by Gasteiger charge is -2.31. The molecule has 37 heavy (non-hydrogen) atoms. The molecule has 2 amide bonds. The summed E-state index contributed by atoms with van der Waals surface area (Å²) in [5.74, 6) is -0.362. The Kier molecular flexibility index (Phi) is 10.1. The molecular weight excluding hydrogens is 471 g/mol. The van der Waals surface area contributed by atoms with E-state index in [0.717, 1.165) is 18.4 Å². The van der Waals surface area contributed by atoms with Crippen LogP contribution in [0.4, 0.5) is 15.8 Å². The monoisotopic (exact) mass is 514 g/mol. The fraction of sp³-hybridized carbons (Fsp3) is 0.533. The Hall–Kier alpha value is -3.09. The molecule has 0 aliphatic heterocycles. The Morgan fingerprint density at radius 3 is 2.08 bits per heavy atom. The van der Waals surface area contributed by atoms with Gasteiger partial charge in [0.15, 0.2) is 6.10 Å². The highest BCUT2D eigenvalue weighted by molar-refractivity contribution is 5.96. The number of hydrogen-bond acceptors (Lipinski definition) is 4. The molecule has 0 aliphatic rings. The highest BCUT2D eigenvalue weighted by atomic mass is 19.1. The second kappa shape index (κ2) is 12.4. The summed E-state index contributed by atoms with van der Waals surface area (Å²) in [6.07, 6.45) is -0.0302. The van der Waals surface area contributed by atoms with Crippen LogP contribution in [0.3, 0.4) is 0 Å². The maximum Gasteiger partial charge on any atom is 0.265 e. The molecule has 2 unspecified atom stereocenters. The first-order chi connectivity index (χ1) is 17.2. The molecule has 0 heterocycles. The topological polar surface area (TPSA) is 87.7 Å². The molecule has 2 aromatic carbocycles. The van der Waals surface area contributed by atoms with E-state index in [4.69, 9.17) is 4.74 Å². The minimum absolute atomic E-state index is 0.0172. The van der Waals surface area contributed by atoms with Crippen molar-refractivity contribution in [2.45, 2.75) is 104 Å². The van der Waals surface area contributed by atoms with Gasteiger partial charge < -0.3 is 20.5 Å². The van der Waals surface area contributed by atoms with Crippen LogP contribution in [0.1, 0.15) is 92.2 Å². The van der Waals surface area contributed by atoms with Crippen LogP contribution in [-0.2, 0) is 20.4 Å². The Balaban J connectivity index is 2.30. The van der Waals surface area contributed by atoms with Crippen LogP contribution in [0.5, 0.6) is 11.5 Å². The van der Waals surface area contributed by atoms with Crippen molar-refractivity contribution in [2.75, 3.05) is 10.6 Å². The van der Waals surface area contributed by atoms with Crippen molar-refractivity contribution < 1.29 is 23.8 Å². The standard InChI is InChI=1S/C30H43FN2O4/c1-9-25(28(36)33-22-16-21(17-23(34)18-22)32-27(35)14-19(4)31)37-26-13-12-20(29(5,6)10-2)15-24(26)30(7,8)11-3/h12-13,15-19,25,34H,9-11,14H2,1-8H3,(H,32,35)(H,33,36). The third-order valence-electron chi connectivity index (χ3n) is 7.13. The molecular formula is C30H43FN2O4. The summed E-state index contributed by atoms with van der Waals surface area (Å²) >= 11 is 0. The number of phenols is 1. The summed E-state index contributed by atoms with van der Waals surface area (Å²) in [7, 11) is 0. The average molecular weight is 515 g/mol. The number of hydrogen-bond donors (Lipinski definition) is 3. The summed E-state index contributed by atoms with van der Waals surface area (Å²) in [5, 5.41) is 15.4. The maximum atomic E-state index is 13.2. The van der Waals surface area contributed by atoms with Gasteiger partial charge in [-0.1, -0.05) is 60.6 Å². The Morgan fingerprint density at radius 1 is 0.946 bits per heavy atom. The molecule has 0 saturated carbocycles. The van der Waals surface area contributed by atoms with E-state index in [2.05, 4.69) is 64.3 Å². The highest BCUT2D eigenvalue weighted by Crippen LogP contribution is 2.39. The van der Waals surface area contributed by atoms with Gasteiger partial charge in [0.05, 0.1) is 6.42 Å². The second-order valence-corrected chi connectivity index (χ2v) is 11.0. The van der Waals surface area contributed by atoms with Crippen molar-refractivity contribution in [1.82, 2.24) is 0 Å². The van der Waals surface area contributed by atoms with Crippen molar-refractivity contribution in [2.24, 2.45) is 0 Å². The number of anilines is 2. The second-order valence-electron chi connectivity index (χ2n) is 11.0. The van der Waals surface area contributed by atoms with Gasteiger partial charge in [0.2, 0.25) is 5.91 Å². The van der Waals surface area contributed by atoms with Gasteiger partial charge in [-0.3, -0.25) is 9.59 Å². The van der Waals surface area contributed by atoms with Gasteiger partial charge in [-0.05, 0) is 54.7 Å². The minimum Gasteiger partial charge on any atom is -0.508 e. The molecule has 0 aromatic heterocycles. The van der Waals surface area contributed by atoms with Crippen LogP contribution in [0.25, 0.3) is 0 Å². The lowest BCUT2D eigenvalue weighted by Crippen LogP contribution is -2.33. The lowest BCUT2D eigenvalue weighted by molar-refractivity contribution is -0.123. The van der Waals surface area contributed by atoms with Gasteiger partial charge in [-0.15, -0.1) is 0 Å². The number of nitrogens with one attached hydrogen (secondary N) is 2. The molecule has 2 atom stereocenters. The number of aromatic hydroxyl groups is 1. The fourth-order valence-corrected chi connectivity index (χ4v) is 3.90. The number of halogens is 1. The van der Waals surface area contributed by atoms with E-state index in [0.29, 0.717) is 17.9 Å². The number of carbonyl (C=O) groups is 2. The molecule has 6 nitrogen and oxygen atoms in total. The van der Waals surface area contributed by atoms with Crippen molar-refractivity contribution in [3.63, 3.8) is 0 Å². The molecule has 2 rings (SSSR count). The smallest absolute Gasteiger partial charge is 0.265 e. The van der Waals surface area contributed by atoms with E-state index in [1.807, 2.05) is 13.0 Å². The van der Waals surface area contributed by atoms with Gasteiger partial charge >= 0.3 is 0 Å². The molecule has 0 saturated heterocycles. The average Bonchev–Trinajstić information content (AvgIpc) is 2.81. The number of phenolic OH excluding ortho intramolecular Hbond substituents is 1. The van der Waals surface area contributed by atoms with Gasteiger partial charge in [-0.2, -0.15) is 0 Å². The van der Waals surface area contributed by atoms with Crippen molar-refractivity contribution in [3.8, 4) is 11.5 Å². The fourth-order valence-electron chi connectivity index (χ4n) is 3.90. The van der Waals surface area contributed by atoms with Gasteiger partial charge in [0.25, 0.3) is 5.91 Å². The van der Waals surface area contributed by atoms with Gasteiger partial charge in [0, 0.05) is 29.1 Å². The van der Waals surface area contributed by atoms with E-state index >= 15 is 0 Å². The zero-order valence-corrected chi connectivity index (χ0v) is 23.5. The van der Waals surface area contributed by atoms with Gasteiger partial charge in [0.1, 0.15) is 17.7 Å². The largest absolute Gasteiger partial charge is 0.508 e. The first-order valence-electron chi connectivity index (χ1n) is 13.1. The summed E-state index contributed by atoms with van der Waals surface area (Å²) in [6, 6.07) is 10.5. The van der Waals surface area contributed by atoms with Crippen LogP contribution in [0.2, 0.25) is 0 Å². The van der Waals surface area contributed by atoms with Crippen LogP contribution >= 0.6 is 0 Å². The zero-order chi connectivity index (χ0) is 28.0. The number of benzene rings is 2. The third-order valence-corrected chi connectivity index (χ3v) is 7.13. The lowest BCUT2D eigenvalue weighted by atomic mass is 9.76. The molecule has 0 fully saturated rings. The first-order valence-corrected chi connectivity index (χ1v) is 13.1. The Morgan fingerprint density at radius 2 is 1.54 bits per heavy atom. The van der Waals surface area contributed by atoms with E-state index in [-0.39, 0.29) is 34.6 Å². The van der Waals surface area contributed by atoms with Crippen molar-refractivity contribution in [3.05, 3.63) is 47.5 Å². The molecule has 0 bridgehead atoms. The molecule has 0 radical (unpaired) electrons. The van der Waals surface area contributed by atoms with Crippen LogP contribution in [0.15, 0.2) is 36.4 Å². The molecule has 204 valence electrons. The minimum atomic E-state index is -1.29. The number of carbonyl (C=O) groups excluding carboxylic acids is 2. The number of ether oxygens (including phenoxy) is 1. The SMILES string of the molecule is CCC(Oc1ccc(C(C)(C)CC)cc1C(C)(C)CC)C(=O)Nc1cc(O)cc(NC(=O)CC(C)F)c1. The molecule has 2 aromatic rings. The van der Waals surface area contributed by atoms with Crippen LogP contribution in [-0.4, -0.2) is 29.2 Å². The predicted octanol–water partition coefficient (Wildman–Crippen LogP) is 7.25. The summed E-state index contributed by atoms with van der Waals surface area (Å²) in [5.41, 5.74) is 2.71. The van der Waals surface area contributed by atoms with Crippen LogP contribution in [0, 0.1) is 0 Å². The summed E-state index contributed by atoms with van der Waals surface area (Å²) < 4.78 is 19.4. The Bertz CT molecular complexity index is 1090. The number of amides is 2. The summed E-state index contributed by atoms with van der Waals surface area (Å²) in [4.78, 5) is 25.1. The Labute approximate surface area is 221 Å². The van der Waals surface area contributed by atoms with Crippen LogP contribution < -0.4 is 15.4 Å².